The van der Waals surface area contributed by atoms with Gasteiger partial charge in [-0.2, -0.15) is 4.98 Å². The Morgan fingerprint density at radius 3 is 2.91 bits per heavy atom. The van der Waals surface area contributed by atoms with Crippen LogP contribution in [0, 0.1) is 0 Å². The highest BCUT2D eigenvalue weighted by Gasteiger charge is 2.37. The molecule has 1 fully saturated rings. The topological polar surface area (TPSA) is 80.9 Å². The van der Waals surface area contributed by atoms with Gasteiger partial charge in [0.25, 0.3) is 0 Å². The first-order valence-corrected chi connectivity index (χ1v) is 7.79. The predicted octanol–water partition coefficient (Wildman–Crippen LogP) is 1.98. The molecule has 0 bridgehead atoms. The first kappa shape index (κ1) is 14.5. The van der Waals surface area contributed by atoms with E-state index in [0.29, 0.717) is 36.5 Å². The molecule has 2 aromatic rings. The van der Waals surface area contributed by atoms with E-state index in [1.165, 1.54) is 0 Å². The molecule has 0 spiro atoms. The van der Waals surface area contributed by atoms with Gasteiger partial charge in [-0.1, -0.05) is 5.16 Å². The van der Waals surface area contributed by atoms with Crippen LogP contribution >= 0.6 is 0 Å². The zero-order valence-corrected chi connectivity index (χ0v) is 13.1. The first-order valence-electron chi connectivity index (χ1n) is 7.79. The molecule has 23 heavy (non-hydrogen) atoms. The van der Waals surface area contributed by atoms with Gasteiger partial charge in [0.2, 0.25) is 18.5 Å². The van der Waals surface area contributed by atoms with Crippen LogP contribution in [0.2, 0.25) is 0 Å². The number of hydrogen-bond donors (Lipinski definition) is 1. The van der Waals surface area contributed by atoms with Crippen LogP contribution in [0.25, 0.3) is 11.4 Å². The third-order valence-electron chi connectivity index (χ3n) is 4.34. The number of ether oxygens (including phenoxy) is 2. The molecule has 1 aromatic carbocycles. The minimum atomic E-state index is -0.358. The van der Waals surface area contributed by atoms with Crippen LogP contribution in [0.1, 0.15) is 32.2 Å². The van der Waals surface area contributed by atoms with E-state index in [2.05, 4.69) is 28.9 Å². The summed E-state index contributed by atoms with van der Waals surface area (Å²) in [5, 5.41) is 14.0. The largest absolute Gasteiger partial charge is 0.454 e. The van der Waals surface area contributed by atoms with Gasteiger partial charge in [-0.15, -0.1) is 0 Å². The lowest BCUT2D eigenvalue weighted by molar-refractivity contribution is 0.150. The Hall–Kier alpha value is -2.12. The van der Waals surface area contributed by atoms with Crippen molar-refractivity contribution >= 4 is 0 Å². The number of benzene rings is 1. The maximum absolute atomic E-state index is 9.95. The van der Waals surface area contributed by atoms with Crippen molar-refractivity contribution in [3.63, 3.8) is 0 Å². The lowest BCUT2D eigenvalue weighted by Crippen LogP contribution is -2.31. The molecular formula is C16H19N3O4. The number of aromatic nitrogens is 2. The minimum Gasteiger partial charge on any atom is -0.454 e. The molecule has 0 aliphatic carbocycles. The summed E-state index contributed by atoms with van der Waals surface area (Å²) >= 11 is 0. The van der Waals surface area contributed by atoms with E-state index in [1.807, 2.05) is 18.2 Å². The molecule has 0 radical (unpaired) electrons. The summed E-state index contributed by atoms with van der Waals surface area (Å²) in [6.45, 7) is 5.06. The smallest absolute Gasteiger partial charge is 0.244 e. The normalized spacial score (nSPS) is 23.8. The van der Waals surface area contributed by atoms with Crippen LogP contribution in [0.3, 0.4) is 0 Å². The van der Waals surface area contributed by atoms with E-state index in [9.17, 15) is 5.11 Å². The molecule has 2 aliphatic heterocycles. The Kier molecular flexibility index (Phi) is 3.46. The van der Waals surface area contributed by atoms with Crippen LogP contribution in [0.15, 0.2) is 22.7 Å². The fourth-order valence-electron chi connectivity index (χ4n) is 3.18. The van der Waals surface area contributed by atoms with Crippen molar-refractivity contribution in [1.82, 2.24) is 15.0 Å². The van der Waals surface area contributed by atoms with Crippen LogP contribution < -0.4 is 9.47 Å². The molecule has 1 saturated heterocycles. The van der Waals surface area contributed by atoms with E-state index in [1.54, 1.807) is 0 Å². The molecule has 3 heterocycles. The summed E-state index contributed by atoms with van der Waals surface area (Å²) in [5.74, 6) is 2.47. The van der Waals surface area contributed by atoms with Crippen molar-refractivity contribution in [2.24, 2.45) is 0 Å². The Labute approximate surface area is 133 Å². The summed E-state index contributed by atoms with van der Waals surface area (Å²) in [5.41, 5.74) is 0.818. The number of aliphatic hydroxyl groups excluding tert-OH is 1. The van der Waals surface area contributed by atoms with Crippen molar-refractivity contribution in [1.29, 1.82) is 0 Å². The van der Waals surface area contributed by atoms with Crippen molar-refractivity contribution in [2.45, 2.75) is 38.5 Å². The minimum absolute atomic E-state index is 0.0414. The first-order chi connectivity index (χ1) is 11.1. The number of β-amino-alcohol motifs (C(OH)–C–C–N with tert-alkyl or cyclic N) is 1. The molecule has 2 aliphatic rings. The average Bonchev–Trinajstić information content (AvgIpc) is 3.24. The standard InChI is InChI=1S/C16H19N3O4/c1-9(2)19-7-11(20)6-12(19)16-17-15(18-23-16)10-3-4-13-14(5-10)22-8-21-13/h3-5,9,11-12,20H,6-8H2,1-2H3/t11-,12+/m1/s1. The molecule has 2 atom stereocenters. The second kappa shape index (κ2) is 5.50. The van der Waals surface area contributed by atoms with Gasteiger partial charge in [0.05, 0.1) is 12.1 Å². The van der Waals surface area contributed by atoms with Crippen LogP contribution in [0.5, 0.6) is 11.5 Å². The van der Waals surface area contributed by atoms with E-state index in [-0.39, 0.29) is 18.9 Å². The second-order valence-corrected chi connectivity index (χ2v) is 6.22. The maximum atomic E-state index is 9.95. The van der Waals surface area contributed by atoms with E-state index >= 15 is 0 Å². The van der Waals surface area contributed by atoms with Gasteiger partial charge in [-0.25, -0.2) is 0 Å². The van der Waals surface area contributed by atoms with E-state index in [4.69, 9.17) is 14.0 Å². The highest BCUT2D eigenvalue weighted by Crippen LogP contribution is 2.37. The van der Waals surface area contributed by atoms with Crippen LogP contribution in [-0.4, -0.2) is 45.6 Å². The van der Waals surface area contributed by atoms with Gasteiger partial charge in [0.1, 0.15) is 0 Å². The van der Waals surface area contributed by atoms with E-state index in [0.717, 1.165) is 11.3 Å². The molecule has 4 rings (SSSR count). The Morgan fingerprint density at radius 1 is 1.26 bits per heavy atom. The summed E-state index contributed by atoms with van der Waals surface area (Å²) in [6, 6.07) is 5.83. The van der Waals surface area contributed by atoms with Gasteiger partial charge in [-0.05, 0) is 38.5 Å². The number of likely N-dealkylation sites (tertiary alicyclic amines) is 1. The molecule has 1 aromatic heterocycles. The number of nitrogens with zero attached hydrogens (tertiary/aromatic N) is 3. The maximum Gasteiger partial charge on any atom is 0.244 e. The zero-order valence-electron chi connectivity index (χ0n) is 13.1. The van der Waals surface area contributed by atoms with Crippen molar-refractivity contribution < 1.29 is 19.1 Å². The number of fused-ring (bicyclic) bond motifs is 1. The number of aliphatic hydroxyl groups is 1. The molecule has 0 amide bonds. The lowest BCUT2D eigenvalue weighted by Gasteiger charge is -2.25. The molecule has 7 nitrogen and oxygen atoms in total. The third kappa shape index (κ3) is 2.55. The van der Waals surface area contributed by atoms with Crippen molar-refractivity contribution in [3.05, 3.63) is 24.1 Å². The van der Waals surface area contributed by atoms with E-state index < -0.39 is 0 Å². The van der Waals surface area contributed by atoms with Gasteiger partial charge in [0.15, 0.2) is 11.5 Å². The molecule has 1 N–H and O–H groups in total. The number of hydrogen-bond acceptors (Lipinski definition) is 7. The summed E-state index contributed by atoms with van der Waals surface area (Å²) < 4.78 is 16.2. The van der Waals surface area contributed by atoms with Gasteiger partial charge in [0, 0.05) is 18.2 Å². The third-order valence-corrected chi connectivity index (χ3v) is 4.34. The Balaban J connectivity index is 1.61. The monoisotopic (exact) mass is 317 g/mol. The fourth-order valence-corrected chi connectivity index (χ4v) is 3.18. The molecular weight excluding hydrogens is 298 g/mol. The average molecular weight is 317 g/mol. The predicted molar refractivity (Wildman–Crippen MR) is 81.1 cm³/mol. The fraction of sp³-hybridized carbons (Fsp3) is 0.500. The van der Waals surface area contributed by atoms with Crippen LogP contribution in [0.4, 0.5) is 0 Å². The van der Waals surface area contributed by atoms with Crippen molar-refractivity contribution in [3.8, 4) is 22.9 Å². The molecule has 0 saturated carbocycles. The Morgan fingerprint density at radius 2 is 2.09 bits per heavy atom. The Bertz CT molecular complexity index is 715. The highest BCUT2D eigenvalue weighted by atomic mass is 16.7. The quantitative estimate of drug-likeness (QED) is 0.927. The number of rotatable bonds is 3. The molecule has 7 heteroatoms. The van der Waals surface area contributed by atoms with Gasteiger partial charge in [-0.3, -0.25) is 4.90 Å². The summed E-state index contributed by atoms with van der Waals surface area (Å²) in [4.78, 5) is 6.71. The SMILES string of the molecule is CC(C)N1C[C@H](O)C[C@H]1c1nc(-c2ccc3c(c2)OCO3)no1. The lowest BCUT2D eigenvalue weighted by atomic mass is 10.1. The molecule has 0 unspecified atom stereocenters. The summed E-state index contributed by atoms with van der Waals surface area (Å²) in [6.07, 6.45) is 0.254. The highest BCUT2D eigenvalue weighted by molar-refractivity contribution is 5.61. The van der Waals surface area contributed by atoms with Crippen molar-refractivity contribution in [2.75, 3.05) is 13.3 Å². The summed E-state index contributed by atoms with van der Waals surface area (Å²) in [7, 11) is 0. The van der Waals surface area contributed by atoms with Crippen LogP contribution in [-0.2, 0) is 0 Å². The van der Waals surface area contributed by atoms with Gasteiger partial charge >= 0.3 is 0 Å². The van der Waals surface area contributed by atoms with Gasteiger partial charge < -0.3 is 19.1 Å². The zero-order chi connectivity index (χ0) is 16.0. The molecule has 122 valence electrons. The second-order valence-electron chi connectivity index (χ2n) is 6.22.